The molecule has 1 unspecified atom stereocenters. The van der Waals surface area contributed by atoms with Crippen LogP contribution in [-0.4, -0.2) is 23.2 Å². The zero-order chi connectivity index (χ0) is 13.8. The molecule has 2 aliphatic rings. The molecule has 19 heavy (non-hydrogen) atoms. The van der Waals surface area contributed by atoms with Crippen molar-refractivity contribution in [1.82, 2.24) is 14.8 Å². The second-order valence-corrected chi connectivity index (χ2v) is 7.88. The van der Waals surface area contributed by atoms with Crippen molar-refractivity contribution in [2.45, 2.75) is 63.1 Å². The highest BCUT2D eigenvalue weighted by atomic mass is 32.2. The van der Waals surface area contributed by atoms with Crippen LogP contribution >= 0.6 is 0 Å². The van der Waals surface area contributed by atoms with E-state index in [9.17, 15) is 8.42 Å². The van der Waals surface area contributed by atoms with Crippen LogP contribution in [0.5, 0.6) is 0 Å². The summed E-state index contributed by atoms with van der Waals surface area (Å²) in [6, 6.07) is 0.217. The molecule has 2 aliphatic carbocycles. The van der Waals surface area contributed by atoms with E-state index >= 15 is 0 Å². The van der Waals surface area contributed by atoms with Crippen molar-refractivity contribution < 1.29 is 8.42 Å². The van der Waals surface area contributed by atoms with Gasteiger partial charge in [0.25, 0.3) is 15.2 Å². The number of sulfonamides is 1. The lowest BCUT2D eigenvalue weighted by molar-refractivity contribution is 0.312. The van der Waals surface area contributed by atoms with Gasteiger partial charge in [0.15, 0.2) is 0 Å². The van der Waals surface area contributed by atoms with Crippen LogP contribution in [0, 0.1) is 5.41 Å². The second-order valence-electron chi connectivity index (χ2n) is 6.42. The first kappa shape index (κ1) is 13.1. The molecule has 1 aromatic heterocycles. The highest BCUT2D eigenvalue weighted by Gasteiger charge is 2.42. The summed E-state index contributed by atoms with van der Waals surface area (Å²) in [6.45, 7) is 4.43. The summed E-state index contributed by atoms with van der Waals surface area (Å²) in [5, 5.41) is 13.2. The number of nitrogens with two attached hydrogens (primary N) is 1. The molecule has 1 heterocycles. The van der Waals surface area contributed by atoms with Gasteiger partial charge in [-0.2, -0.15) is 0 Å². The Morgan fingerprint density at radius 3 is 2.42 bits per heavy atom. The van der Waals surface area contributed by atoms with Gasteiger partial charge in [0, 0.05) is 12.0 Å². The quantitative estimate of drug-likeness (QED) is 0.911. The van der Waals surface area contributed by atoms with Crippen LogP contribution in [0.1, 0.15) is 63.7 Å². The number of aromatic nitrogens is 3. The average Bonchev–Trinajstić information content (AvgIpc) is 2.91. The number of hydrogen-bond acceptors (Lipinski definition) is 4. The minimum atomic E-state index is -3.80. The summed E-state index contributed by atoms with van der Waals surface area (Å²) in [6.07, 6.45) is 5.31. The van der Waals surface area contributed by atoms with Crippen molar-refractivity contribution in [3.63, 3.8) is 0 Å². The SMILES string of the molecule is CC1(C)CCCC1c1nnc(S(N)(=O)=O)n1C1CC1. The molecule has 1 aromatic rings. The van der Waals surface area contributed by atoms with Gasteiger partial charge in [-0.3, -0.25) is 4.57 Å². The van der Waals surface area contributed by atoms with Gasteiger partial charge in [0.2, 0.25) is 0 Å². The fraction of sp³-hybridized carbons (Fsp3) is 0.833. The monoisotopic (exact) mass is 284 g/mol. The van der Waals surface area contributed by atoms with Crippen LogP contribution in [0.4, 0.5) is 0 Å². The van der Waals surface area contributed by atoms with E-state index in [1.54, 1.807) is 4.57 Å². The van der Waals surface area contributed by atoms with E-state index in [1.165, 1.54) is 0 Å². The van der Waals surface area contributed by atoms with E-state index in [1.807, 2.05) is 0 Å². The predicted octanol–water partition coefficient (Wildman–Crippen LogP) is 1.55. The van der Waals surface area contributed by atoms with Crippen molar-refractivity contribution in [2.24, 2.45) is 10.6 Å². The van der Waals surface area contributed by atoms with Gasteiger partial charge in [-0.1, -0.05) is 20.3 Å². The highest BCUT2D eigenvalue weighted by Crippen LogP contribution is 2.50. The molecule has 6 nitrogen and oxygen atoms in total. The minimum Gasteiger partial charge on any atom is -0.297 e. The lowest BCUT2D eigenvalue weighted by Crippen LogP contribution is -2.23. The second kappa shape index (κ2) is 4.02. The Bertz CT molecular complexity index is 601. The zero-order valence-corrected chi connectivity index (χ0v) is 12.2. The van der Waals surface area contributed by atoms with Crippen LogP contribution in [0.2, 0.25) is 0 Å². The molecule has 2 N–H and O–H groups in total. The molecule has 2 saturated carbocycles. The molecule has 0 aromatic carbocycles. The molecule has 0 bridgehead atoms. The molecule has 0 amide bonds. The molecular weight excluding hydrogens is 264 g/mol. The predicted molar refractivity (Wildman–Crippen MR) is 70.0 cm³/mol. The van der Waals surface area contributed by atoms with Crippen molar-refractivity contribution in [3.8, 4) is 0 Å². The zero-order valence-electron chi connectivity index (χ0n) is 11.3. The average molecular weight is 284 g/mol. The lowest BCUT2D eigenvalue weighted by Gasteiger charge is -2.26. The van der Waals surface area contributed by atoms with Crippen LogP contribution in [0.15, 0.2) is 5.16 Å². The molecule has 7 heteroatoms. The normalized spacial score (nSPS) is 26.8. The topological polar surface area (TPSA) is 90.9 Å². The number of nitrogens with zero attached hydrogens (tertiary/aromatic N) is 3. The minimum absolute atomic E-state index is 0.0623. The molecular formula is C12H20N4O2S. The third-order valence-electron chi connectivity index (χ3n) is 4.43. The van der Waals surface area contributed by atoms with Crippen molar-refractivity contribution in [3.05, 3.63) is 5.82 Å². The first-order valence-corrected chi connectivity index (χ1v) is 8.33. The van der Waals surface area contributed by atoms with Gasteiger partial charge in [-0.05, 0) is 31.1 Å². The molecule has 106 valence electrons. The lowest BCUT2D eigenvalue weighted by atomic mass is 9.81. The molecule has 0 saturated heterocycles. The summed E-state index contributed by atoms with van der Waals surface area (Å²) in [5.41, 5.74) is 0.148. The molecule has 0 radical (unpaired) electrons. The number of hydrogen-bond donors (Lipinski definition) is 1. The van der Waals surface area contributed by atoms with Gasteiger partial charge in [0.1, 0.15) is 5.82 Å². The first-order chi connectivity index (χ1) is 8.81. The van der Waals surface area contributed by atoms with Crippen LogP contribution in [-0.2, 0) is 10.0 Å². The van der Waals surface area contributed by atoms with Crippen molar-refractivity contribution in [2.75, 3.05) is 0 Å². The fourth-order valence-corrected chi connectivity index (χ4v) is 3.87. The standard InChI is InChI=1S/C12H20N4O2S/c1-12(2)7-3-4-9(12)10-14-15-11(19(13,17)18)16(10)8-5-6-8/h8-9H,3-7H2,1-2H3,(H2,13,17,18). The maximum absolute atomic E-state index is 11.6. The van der Waals surface area contributed by atoms with E-state index in [4.69, 9.17) is 5.14 Å². The Labute approximate surface area is 113 Å². The van der Waals surface area contributed by atoms with E-state index in [0.29, 0.717) is 0 Å². The largest absolute Gasteiger partial charge is 0.297 e. The van der Waals surface area contributed by atoms with Crippen molar-refractivity contribution in [1.29, 1.82) is 0 Å². The fourth-order valence-electron chi connectivity index (χ4n) is 3.20. The Morgan fingerprint density at radius 2 is 1.95 bits per heavy atom. The van der Waals surface area contributed by atoms with Crippen LogP contribution in [0.3, 0.4) is 0 Å². The Morgan fingerprint density at radius 1 is 1.26 bits per heavy atom. The van der Waals surface area contributed by atoms with E-state index < -0.39 is 10.0 Å². The maximum Gasteiger partial charge on any atom is 0.273 e. The van der Waals surface area contributed by atoms with E-state index in [2.05, 4.69) is 24.0 Å². The van der Waals surface area contributed by atoms with Gasteiger partial charge in [-0.25, -0.2) is 13.6 Å². The third-order valence-corrected chi connectivity index (χ3v) is 5.21. The van der Waals surface area contributed by atoms with E-state index in [-0.39, 0.29) is 22.5 Å². The molecule has 1 atom stereocenters. The highest BCUT2D eigenvalue weighted by molar-refractivity contribution is 7.89. The number of primary sulfonamides is 1. The Kier molecular flexibility index (Phi) is 2.76. The molecule has 0 spiro atoms. The summed E-state index contributed by atoms with van der Waals surface area (Å²) < 4.78 is 25.0. The number of rotatable bonds is 3. The Balaban J connectivity index is 2.10. The molecule has 2 fully saturated rings. The van der Waals surface area contributed by atoms with Gasteiger partial charge < -0.3 is 0 Å². The summed E-state index contributed by atoms with van der Waals surface area (Å²) in [7, 11) is -3.80. The van der Waals surface area contributed by atoms with Crippen LogP contribution < -0.4 is 5.14 Å². The van der Waals surface area contributed by atoms with Crippen LogP contribution in [0.25, 0.3) is 0 Å². The van der Waals surface area contributed by atoms with E-state index in [0.717, 1.165) is 37.9 Å². The summed E-state index contributed by atoms with van der Waals surface area (Å²) in [4.78, 5) is 0. The summed E-state index contributed by atoms with van der Waals surface area (Å²) >= 11 is 0. The third kappa shape index (κ3) is 2.18. The first-order valence-electron chi connectivity index (χ1n) is 6.78. The van der Waals surface area contributed by atoms with Gasteiger partial charge in [-0.15, -0.1) is 10.2 Å². The van der Waals surface area contributed by atoms with Gasteiger partial charge >= 0.3 is 0 Å². The smallest absolute Gasteiger partial charge is 0.273 e. The van der Waals surface area contributed by atoms with Gasteiger partial charge in [0.05, 0.1) is 0 Å². The molecule has 3 rings (SSSR count). The maximum atomic E-state index is 11.6. The Hall–Kier alpha value is -0.950. The van der Waals surface area contributed by atoms with Crippen molar-refractivity contribution >= 4 is 10.0 Å². The molecule has 0 aliphatic heterocycles. The summed E-state index contributed by atoms with van der Waals surface area (Å²) in [5.74, 6) is 1.09.